The van der Waals surface area contributed by atoms with Crippen molar-refractivity contribution < 1.29 is 0 Å². The van der Waals surface area contributed by atoms with Gasteiger partial charge in [0.15, 0.2) is 11.5 Å². The number of piperidine rings is 1. The summed E-state index contributed by atoms with van der Waals surface area (Å²) in [6.45, 7) is 0.965. The van der Waals surface area contributed by atoms with Crippen LogP contribution in [0.3, 0.4) is 0 Å². The number of benzene rings is 1. The number of aromatic amines is 1. The van der Waals surface area contributed by atoms with Gasteiger partial charge in [0.25, 0.3) is 0 Å². The highest BCUT2D eigenvalue weighted by Crippen LogP contribution is 2.32. The first kappa shape index (κ1) is 15.1. The standard InChI is InChI=1S/C19H19N7/c1-2-6-14(7-3-1)19-23-22-16-9-10-17(24-26(16)19)25-13-5-4-8-15(25)18-20-11-12-21-18/h1-3,6-7,9-12,15H,4-5,8,13H2,(H,20,21). The summed E-state index contributed by atoms with van der Waals surface area (Å²) >= 11 is 0. The number of aromatic nitrogens is 6. The number of imidazole rings is 1. The van der Waals surface area contributed by atoms with Crippen molar-refractivity contribution in [2.24, 2.45) is 0 Å². The van der Waals surface area contributed by atoms with Crippen molar-refractivity contribution in [2.45, 2.75) is 25.3 Å². The molecule has 7 nitrogen and oxygen atoms in total. The van der Waals surface area contributed by atoms with Crippen LogP contribution >= 0.6 is 0 Å². The highest BCUT2D eigenvalue weighted by atomic mass is 15.4. The topological polar surface area (TPSA) is 75.0 Å². The Morgan fingerprint density at radius 1 is 1.00 bits per heavy atom. The molecule has 1 aliphatic heterocycles. The molecule has 0 amide bonds. The van der Waals surface area contributed by atoms with Gasteiger partial charge in [0.1, 0.15) is 11.6 Å². The Morgan fingerprint density at radius 2 is 1.92 bits per heavy atom. The zero-order valence-electron chi connectivity index (χ0n) is 14.3. The summed E-state index contributed by atoms with van der Waals surface area (Å²) in [5.74, 6) is 2.68. The van der Waals surface area contributed by atoms with E-state index in [9.17, 15) is 0 Å². The number of H-pyrrole nitrogens is 1. The molecule has 1 unspecified atom stereocenters. The molecule has 1 aliphatic rings. The summed E-state index contributed by atoms with van der Waals surface area (Å²) in [7, 11) is 0. The van der Waals surface area contributed by atoms with Gasteiger partial charge >= 0.3 is 0 Å². The van der Waals surface area contributed by atoms with Gasteiger partial charge in [0.2, 0.25) is 0 Å². The average Bonchev–Trinajstić information content (AvgIpc) is 3.38. The number of rotatable bonds is 3. The van der Waals surface area contributed by atoms with Gasteiger partial charge < -0.3 is 9.88 Å². The third-order valence-electron chi connectivity index (χ3n) is 4.91. The van der Waals surface area contributed by atoms with Crippen LogP contribution in [0.1, 0.15) is 31.1 Å². The van der Waals surface area contributed by atoms with E-state index >= 15 is 0 Å². The van der Waals surface area contributed by atoms with Crippen LogP contribution in [-0.4, -0.2) is 36.3 Å². The predicted octanol–water partition coefficient (Wildman–Crippen LogP) is 3.25. The van der Waals surface area contributed by atoms with E-state index in [1.54, 1.807) is 0 Å². The molecule has 0 spiro atoms. The molecule has 0 aliphatic carbocycles. The Kier molecular flexibility index (Phi) is 3.62. The van der Waals surface area contributed by atoms with Crippen LogP contribution in [0.4, 0.5) is 5.82 Å². The number of nitrogens with one attached hydrogen (secondary N) is 1. The Balaban J connectivity index is 1.58. The van der Waals surface area contributed by atoms with Gasteiger partial charge in [-0.1, -0.05) is 30.3 Å². The molecule has 0 bridgehead atoms. The van der Waals surface area contributed by atoms with Crippen molar-refractivity contribution in [2.75, 3.05) is 11.4 Å². The Hall–Kier alpha value is -3.22. The first-order valence-electron chi connectivity index (χ1n) is 8.94. The summed E-state index contributed by atoms with van der Waals surface area (Å²) in [6.07, 6.45) is 7.12. The van der Waals surface area contributed by atoms with Gasteiger partial charge in [0.05, 0.1) is 6.04 Å². The molecule has 3 aromatic heterocycles. The lowest BCUT2D eigenvalue weighted by atomic mass is 10.0. The van der Waals surface area contributed by atoms with Crippen LogP contribution in [0.25, 0.3) is 17.0 Å². The quantitative estimate of drug-likeness (QED) is 0.617. The molecule has 1 saturated heterocycles. The maximum absolute atomic E-state index is 4.87. The molecule has 1 atom stereocenters. The lowest BCUT2D eigenvalue weighted by molar-refractivity contribution is 0.453. The number of hydrogen-bond acceptors (Lipinski definition) is 5. The summed E-state index contributed by atoms with van der Waals surface area (Å²) in [6, 6.07) is 14.3. The van der Waals surface area contributed by atoms with Crippen molar-refractivity contribution in [1.29, 1.82) is 0 Å². The first-order chi connectivity index (χ1) is 12.9. The van der Waals surface area contributed by atoms with Gasteiger partial charge in [-0.05, 0) is 31.4 Å². The molecule has 4 heterocycles. The highest BCUT2D eigenvalue weighted by Gasteiger charge is 2.27. The van der Waals surface area contributed by atoms with Crippen molar-refractivity contribution >= 4 is 11.5 Å². The number of anilines is 1. The third kappa shape index (κ3) is 2.52. The van der Waals surface area contributed by atoms with Crippen LogP contribution in [-0.2, 0) is 0 Å². The zero-order chi connectivity index (χ0) is 17.3. The van der Waals surface area contributed by atoms with E-state index in [0.29, 0.717) is 0 Å². The van der Waals surface area contributed by atoms with Gasteiger partial charge in [-0.25, -0.2) is 4.98 Å². The molecule has 130 valence electrons. The van der Waals surface area contributed by atoms with Crippen molar-refractivity contribution in [3.8, 4) is 11.4 Å². The van der Waals surface area contributed by atoms with Crippen LogP contribution in [0, 0.1) is 0 Å². The monoisotopic (exact) mass is 345 g/mol. The van der Waals surface area contributed by atoms with Crippen molar-refractivity contribution in [3.05, 3.63) is 60.7 Å². The number of hydrogen-bond donors (Lipinski definition) is 1. The summed E-state index contributed by atoms with van der Waals surface area (Å²) in [5.41, 5.74) is 1.75. The second-order valence-corrected chi connectivity index (χ2v) is 6.53. The Morgan fingerprint density at radius 3 is 2.77 bits per heavy atom. The normalized spacial score (nSPS) is 17.7. The van der Waals surface area contributed by atoms with Gasteiger partial charge in [-0.2, -0.15) is 4.52 Å². The maximum Gasteiger partial charge on any atom is 0.185 e. The molecule has 0 saturated carbocycles. The minimum Gasteiger partial charge on any atom is -0.347 e. The summed E-state index contributed by atoms with van der Waals surface area (Å²) < 4.78 is 1.83. The lowest BCUT2D eigenvalue weighted by Crippen LogP contribution is -2.35. The molecule has 7 heteroatoms. The van der Waals surface area contributed by atoms with E-state index in [4.69, 9.17) is 5.10 Å². The van der Waals surface area contributed by atoms with Gasteiger partial charge in [0, 0.05) is 24.5 Å². The van der Waals surface area contributed by atoms with Crippen LogP contribution in [0.15, 0.2) is 54.9 Å². The predicted molar refractivity (Wildman–Crippen MR) is 98.7 cm³/mol. The third-order valence-corrected chi connectivity index (χ3v) is 4.91. The number of nitrogens with zero attached hydrogens (tertiary/aromatic N) is 6. The molecule has 4 aromatic rings. The first-order valence-corrected chi connectivity index (χ1v) is 8.94. The van der Waals surface area contributed by atoms with Gasteiger partial charge in [-0.3, -0.25) is 0 Å². The molecule has 26 heavy (non-hydrogen) atoms. The Labute approximate surface area is 150 Å². The summed E-state index contributed by atoms with van der Waals surface area (Å²) in [5, 5.41) is 13.5. The molecule has 1 aromatic carbocycles. The Bertz CT molecular complexity index is 1010. The summed E-state index contributed by atoms with van der Waals surface area (Å²) in [4.78, 5) is 10.1. The lowest BCUT2D eigenvalue weighted by Gasteiger charge is -2.35. The SMILES string of the molecule is c1ccc(-c2nnc3ccc(N4CCCCC4c4ncc[nH]4)nn23)cc1. The van der Waals surface area contributed by atoms with Crippen molar-refractivity contribution in [3.63, 3.8) is 0 Å². The fourth-order valence-corrected chi connectivity index (χ4v) is 3.65. The smallest absolute Gasteiger partial charge is 0.185 e. The van der Waals surface area contributed by atoms with E-state index in [2.05, 4.69) is 25.1 Å². The largest absolute Gasteiger partial charge is 0.347 e. The second-order valence-electron chi connectivity index (χ2n) is 6.53. The van der Waals surface area contributed by atoms with Crippen LogP contribution < -0.4 is 4.90 Å². The highest BCUT2D eigenvalue weighted by molar-refractivity contribution is 5.59. The number of fused-ring (bicyclic) bond motifs is 1. The van der Waals surface area contributed by atoms with Gasteiger partial charge in [-0.15, -0.1) is 15.3 Å². The van der Waals surface area contributed by atoms with E-state index in [1.165, 1.54) is 6.42 Å². The van der Waals surface area contributed by atoms with E-state index in [0.717, 1.165) is 48.1 Å². The molecule has 0 radical (unpaired) electrons. The minimum absolute atomic E-state index is 0.223. The fourth-order valence-electron chi connectivity index (χ4n) is 3.65. The second kappa shape index (κ2) is 6.25. The van der Waals surface area contributed by atoms with Crippen LogP contribution in [0.2, 0.25) is 0 Å². The minimum atomic E-state index is 0.223. The molecule has 1 fully saturated rings. The fraction of sp³-hybridized carbons (Fsp3) is 0.263. The van der Waals surface area contributed by atoms with E-state index < -0.39 is 0 Å². The van der Waals surface area contributed by atoms with Crippen LogP contribution in [0.5, 0.6) is 0 Å². The van der Waals surface area contributed by atoms with E-state index in [1.807, 2.05) is 59.4 Å². The molecule has 1 N–H and O–H groups in total. The van der Waals surface area contributed by atoms with E-state index in [-0.39, 0.29) is 6.04 Å². The molecular weight excluding hydrogens is 326 g/mol. The average molecular weight is 345 g/mol. The maximum atomic E-state index is 4.87. The zero-order valence-corrected chi connectivity index (χ0v) is 14.3. The molecule has 5 rings (SSSR count). The molecular formula is C19H19N7. The van der Waals surface area contributed by atoms with Crippen molar-refractivity contribution in [1.82, 2.24) is 29.8 Å².